The number of nitrogens with one attached hydrogen (secondary N) is 1. The minimum Gasteiger partial charge on any atom is -0.465 e. The third-order valence-electron chi connectivity index (χ3n) is 5.30. The van der Waals surface area contributed by atoms with Crippen LogP contribution in [0.2, 0.25) is 0 Å². The van der Waals surface area contributed by atoms with Crippen molar-refractivity contribution in [1.29, 1.82) is 0 Å². The van der Waals surface area contributed by atoms with Gasteiger partial charge in [0.05, 0.1) is 24.3 Å². The molecule has 4 rings (SSSR count). The number of nitrogens with zero attached hydrogens (tertiary/aromatic N) is 4. The zero-order valence-electron chi connectivity index (χ0n) is 17.2. The number of piperidine rings is 1. The van der Waals surface area contributed by atoms with E-state index in [0.29, 0.717) is 17.8 Å². The number of ether oxygens (including phenoxy) is 1. The Hall–Kier alpha value is -3.81. The van der Waals surface area contributed by atoms with Crippen LogP contribution in [-0.2, 0) is 9.53 Å². The van der Waals surface area contributed by atoms with Crippen molar-refractivity contribution in [1.82, 2.24) is 15.2 Å². The zero-order valence-corrected chi connectivity index (χ0v) is 17.2. The standard InChI is InChI=1S/C23H23N5O3/c1-31-23(30)16-6-8-19(9-7-16)25-22(29)18-5-3-13-28(15-18)21-11-10-20(26-27-21)17-4-2-12-24-14-17/h2,4,6-12,14,18H,3,5,13,15H2,1H3,(H,25,29). The Labute approximate surface area is 180 Å². The van der Waals surface area contributed by atoms with Crippen molar-refractivity contribution < 1.29 is 14.3 Å². The fraction of sp³-hybridized carbons (Fsp3) is 0.261. The van der Waals surface area contributed by atoms with Crippen LogP contribution < -0.4 is 10.2 Å². The second kappa shape index (κ2) is 9.34. The summed E-state index contributed by atoms with van der Waals surface area (Å²) in [5.74, 6) is 0.147. The summed E-state index contributed by atoms with van der Waals surface area (Å²) in [7, 11) is 1.34. The first-order valence-corrected chi connectivity index (χ1v) is 10.1. The summed E-state index contributed by atoms with van der Waals surface area (Å²) in [6.07, 6.45) is 5.18. The third-order valence-corrected chi connectivity index (χ3v) is 5.30. The molecule has 1 aliphatic heterocycles. The monoisotopic (exact) mass is 417 g/mol. The normalized spacial score (nSPS) is 15.9. The summed E-state index contributed by atoms with van der Waals surface area (Å²) in [6.45, 7) is 1.41. The van der Waals surface area contributed by atoms with Crippen LogP contribution in [0.3, 0.4) is 0 Å². The quantitative estimate of drug-likeness (QED) is 0.637. The number of esters is 1. The molecule has 1 unspecified atom stereocenters. The van der Waals surface area contributed by atoms with Crippen LogP contribution in [0.5, 0.6) is 0 Å². The molecular weight excluding hydrogens is 394 g/mol. The highest BCUT2D eigenvalue weighted by Gasteiger charge is 2.27. The molecule has 2 aromatic heterocycles. The Balaban J connectivity index is 1.39. The van der Waals surface area contributed by atoms with Gasteiger partial charge in [-0.05, 0) is 61.4 Å². The first-order chi connectivity index (χ1) is 15.1. The highest BCUT2D eigenvalue weighted by atomic mass is 16.5. The van der Waals surface area contributed by atoms with Crippen LogP contribution in [0.1, 0.15) is 23.2 Å². The molecule has 1 saturated heterocycles. The van der Waals surface area contributed by atoms with Crippen molar-refractivity contribution in [3.05, 3.63) is 66.5 Å². The minimum atomic E-state index is -0.406. The van der Waals surface area contributed by atoms with E-state index >= 15 is 0 Å². The van der Waals surface area contributed by atoms with Gasteiger partial charge < -0.3 is 15.0 Å². The van der Waals surface area contributed by atoms with Gasteiger partial charge >= 0.3 is 5.97 Å². The van der Waals surface area contributed by atoms with E-state index in [9.17, 15) is 9.59 Å². The van der Waals surface area contributed by atoms with Crippen molar-refractivity contribution in [2.24, 2.45) is 5.92 Å². The Morgan fingerprint density at radius 1 is 1.10 bits per heavy atom. The smallest absolute Gasteiger partial charge is 0.337 e. The van der Waals surface area contributed by atoms with Crippen molar-refractivity contribution in [3.8, 4) is 11.3 Å². The van der Waals surface area contributed by atoms with E-state index < -0.39 is 5.97 Å². The predicted molar refractivity (Wildman–Crippen MR) is 117 cm³/mol. The van der Waals surface area contributed by atoms with E-state index in [1.165, 1.54) is 7.11 Å². The first kappa shape index (κ1) is 20.5. The number of anilines is 2. The lowest BCUT2D eigenvalue weighted by Crippen LogP contribution is -2.41. The van der Waals surface area contributed by atoms with E-state index in [1.807, 2.05) is 24.3 Å². The molecule has 0 radical (unpaired) electrons. The van der Waals surface area contributed by atoms with Crippen molar-refractivity contribution in [2.45, 2.75) is 12.8 Å². The Kier molecular flexibility index (Phi) is 6.16. The Morgan fingerprint density at radius 2 is 1.94 bits per heavy atom. The van der Waals surface area contributed by atoms with Crippen LogP contribution in [0.15, 0.2) is 60.9 Å². The number of carbonyl (C=O) groups is 2. The molecule has 8 nitrogen and oxygen atoms in total. The summed E-state index contributed by atoms with van der Waals surface area (Å²) < 4.78 is 4.69. The Morgan fingerprint density at radius 3 is 2.61 bits per heavy atom. The van der Waals surface area contributed by atoms with E-state index in [2.05, 4.69) is 25.4 Å². The van der Waals surface area contributed by atoms with E-state index in [0.717, 1.165) is 36.5 Å². The highest BCUT2D eigenvalue weighted by Crippen LogP contribution is 2.24. The molecule has 3 aromatic rings. The molecule has 0 aliphatic carbocycles. The van der Waals surface area contributed by atoms with Crippen LogP contribution >= 0.6 is 0 Å². The number of rotatable bonds is 5. The molecule has 0 saturated carbocycles. The summed E-state index contributed by atoms with van der Waals surface area (Å²) in [5, 5.41) is 11.6. The van der Waals surface area contributed by atoms with Gasteiger partial charge in [-0.3, -0.25) is 9.78 Å². The fourth-order valence-electron chi connectivity index (χ4n) is 3.61. The number of benzene rings is 1. The van der Waals surface area contributed by atoms with E-state index in [1.54, 1.807) is 36.7 Å². The van der Waals surface area contributed by atoms with Gasteiger partial charge in [0.2, 0.25) is 5.91 Å². The van der Waals surface area contributed by atoms with E-state index in [4.69, 9.17) is 4.74 Å². The number of hydrogen-bond donors (Lipinski definition) is 1. The Bertz CT molecular complexity index is 1040. The van der Waals surface area contributed by atoms with Gasteiger partial charge in [-0.25, -0.2) is 4.79 Å². The maximum atomic E-state index is 12.8. The molecule has 158 valence electrons. The van der Waals surface area contributed by atoms with Crippen molar-refractivity contribution in [3.63, 3.8) is 0 Å². The van der Waals surface area contributed by atoms with Crippen LogP contribution in [0.4, 0.5) is 11.5 Å². The third kappa shape index (κ3) is 4.85. The summed E-state index contributed by atoms with van der Waals surface area (Å²) in [5.41, 5.74) is 2.77. The second-order valence-electron chi connectivity index (χ2n) is 7.36. The number of hydrogen-bond acceptors (Lipinski definition) is 7. The van der Waals surface area contributed by atoms with Gasteiger partial charge in [0, 0.05) is 36.7 Å². The predicted octanol–water partition coefficient (Wildman–Crippen LogP) is 3.18. The topological polar surface area (TPSA) is 97.3 Å². The largest absolute Gasteiger partial charge is 0.465 e. The summed E-state index contributed by atoms with van der Waals surface area (Å²) >= 11 is 0. The second-order valence-corrected chi connectivity index (χ2v) is 7.36. The minimum absolute atomic E-state index is 0.0459. The molecular formula is C23H23N5O3. The van der Waals surface area contributed by atoms with Gasteiger partial charge in [-0.15, -0.1) is 10.2 Å². The number of aromatic nitrogens is 3. The van der Waals surface area contributed by atoms with Crippen LogP contribution in [-0.4, -0.2) is 47.3 Å². The van der Waals surface area contributed by atoms with E-state index in [-0.39, 0.29) is 11.8 Å². The van der Waals surface area contributed by atoms with Crippen LogP contribution in [0, 0.1) is 5.92 Å². The number of carbonyl (C=O) groups excluding carboxylic acids is 2. The number of methoxy groups -OCH3 is 1. The molecule has 1 atom stereocenters. The zero-order chi connectivity index (χ0) is 21.6. The van der Waals surface area contributed by atoms with Crippen molar-refractivity contribution in [2.75, 3.05) is 30.4 Å². The molecule has 1 fully saturated rings. The molecule has 1 aromatic carbocycles. The van der Waals surface area contributed by atoms with Gasteiger partial charge in [0.1, 0.15) is 0 Å². The average Bonchev–Trinajstić information content (AvgIpc) is 2.85. The lowest BCUT2D eigenvalue weighted by atomic mass is 9.97. The molecule has 1 aliphatic rings. The van der Waals surface area contributed by atoms with Crippen LogP contribution in [0.25, 0.3) is 11.3 Å². The molecule has 1 amide bonds. The van der Waals surface area contributed by atoms with Gasteiger partial charge in [-0.2, -0.15) is 0 Å². The molecule has 0 bridgehead atoms. The SMILES string of the molecule is COC(=O)c1ccc(NC(=O)C2CCCN(c3ccc(-c4cccnc4)nn3)C2)cc1. The van der Waals surface area contributed by atoms with Gasteiger partial charge in [-0.1, -0.05) is 0 Å². The number of amides is 1. The fourth-order valence-corrected chi connectivity index (χ4v) is 3.61. The highest BCUT2D eigenvalue weighted by molar-refractivity contribution is 5.94. The molecule has 31 heavy (non-hydrogen) atoms. The number of pyridine rings is 1. The molecule has 1 N–H and O–H groups in total. The van der Waals surface area contributed by atoms with Crippen molar-refractivity contribution >= 4 is 23.4 Å². The molecule has 3 heterocycles. The molecule has 0 spiro atoms. The maximum Gasteiger partial charge on any atom is 0.337 e. The summed E-state index contributed by atoms with van der Waals surface area (Å²) in [4.78, 5) is 30.5. The maximum absolute atomic E-state index is 12.8. The lowest BCUT2D eigenvalue weighted by molar-refractivity contribution is -0.120. The summed E-state index contributed by atoms with van der Waals surface area (Å²) in [6, 6.07) is 14.3. The first-order valence-electron chi connectivity index (χ1n) is 10.1. The van der Waals surface area contributed by atoms with Gasteiger partial charge in [0.15, 0.2) is 5.82 Å². The lowest BCUT2D eigenvalue weighted by Gasteiger charge is -2.32. The molecule has 8 heteroatoms. The average molecular weight is 417 g/mol. The van der Waals surface area contributed by atoms with Gasteiger partial charge in [0.25, 0.3) is 0 Å².